The average Bonchev–Trinajstić information content (AvgIpc) is 2.95. The fourth-order valence-electron chi connectivity index (χ4n) is 2.30. The molecule has 0 unspecified atom stereocenters. The molecule has 1 aromatic rings. The molecule has 23 heavy (non-hydrogen) atoms. The second-order valence-electron chi connectivity index (χ2n) is 4.95. The minimum Gasteiger partial charge on any atom is -0.445 e. The van der Waals surface area contributed by atoms with Crippen LogP contribution in [0.3, 0.4) is 0 Å². The lowest BCUT2D eigenvalue weighted by molar-refractivity contribution is -0.123. The Morgan fingerprint density at radius 2 is 2.13 bits per heavy atom. The Kier molecular flexibility index (Phi) is 5.94. The van der Waals surface area contributed by atoms with Crippen molar-refractivity contribution in [3.8, 4) is 0 Å². The molecule has 2 rings (SSSR count). The van der Waals surface area contributed by atoms with E-state index in [2.05, 4.69) is 11.9 Å². The molecule has 1 fully saturated rings. The van der Waals surface area contributed by atoms with Crippen LogP contribution in [0.15, 0.2) is 54.3 Å². The van der Waals surface area contributed by atoms with Crippen LogP contribution < -0.4 is 5.32 Å². The van der Waals surface area contributed by atoms with Gasteiger partial charge in [0.2, 0.25) is 0 Å². The van der Waals surface area contributed by atoms with E-state index < -0.39 is 6.09 Å². The van der Waals surface area contributed by atoms with Gasteiger partial charge in [-0.3, -0.25) is 4.79 Å². The van der Waals surface area contributed by atoms with Gasteiger partial charge in [-0.15, -0.1) is 0 Å². The fraction of sp³-hybridized carbons (Fsp3) is 0.294. The van der Waals surface area contributed by atoms with Crippen LogP contribution in [-0.2, 0) is 14.3 Å². The summed E-state index contributed by atoms with van der Waals surface area (Å²) >= 11 is 0. The third-order valence-electron chi connectivity index (χ3n) is 3.36. The van der Waals surface area contributed by atoms with Gasteiger partial charge in [0.15, 0.2) is 0 Å². The van der Waals surface area contributed by atoms with Gasteiger partial charge in [-0.05, 0) is 18.6 Å². The molecule has 0 atom stereocenters. The topological polar surface area (TPSA) is 67.9 Å². The second kappa shape index (κ2) is 8.14. The number of anilines is 1. The van der Waals surface area contributed by atoms with Crippen molar-refractivity contribution in [3.05, 3.63) is 54.3 Å². The molecule has 1 N–H and O–H groups in total. The summed E-state index contributed by atoms with van der Waals surface area (Å²) in [5.41, 5.74) is 2.04. The summed E-state index contributed by atoms with van der Waals surface area (Å²) < 4.78 is 10.1. The first-order chi connectivity index (χ1) is 11.2. The Balaban J connectivity index is 2.17. The Morgan fingerprint density at radius 3 is 2.78 bits per heavy atom. The van der Waals surface area contributed by atoms with Crippen molar-refractivity contribution in [3.63, 3.8) is 0 Å². The van der Waals surface area contributed by atoms with Crippen molar-refractivity contribution in [2.24, 2.45) is 0 Å². The molecule has 0 saturated carbocycles. The highest BCUT2D eigenvalue weighted by molar-refractivity contribution is 6.05. The number of ether oxygens (including phenoxy) is 2. The molecule has 1 aliphatic rings. The fourth-order valence-corrected chi connectivity index (χ4v) is 2.30. The third kappa shape index (κ3) is 4.20. The van der Waals surface area contributed by atoms with E-state index in [1.54, 1.807) is 7.11 Å². The Morgan fingerprint density at radius 1 is 1.39 bits per heavy atom. The molecule has 1 saturated heterocycles. The van der Waals surface area contributed by atoms with E-state index >= 15 is 0 Å². The van der Waals surface area contributed by atoms with Gasteiger partial charge in [0, 0.05) is 24.9 Å². The van der Waals surface area contributed by atoms with Gasteiger partial charge in [-0.25, -0.2) is 9.69 Å². The summed E-state index contributed by atoms with van der Waals surface area (Å²) in [6.45, 7) is 4.11. The van der Waals surface area contributed by atoms with Gasteiger partial charge >= 0.3 is 6.09 Å². The van der Waals surface area contributed by atoms with Crippen LogP contribution in [0.2, 0.25) is 0 Å². The second-order valence-corrected chi connectivity index (χ2v) is 4.95. The molecule has 1 heterocycles. The van der Waals surface area contributed by atoms with Crippen LogP contribution in [0.25, 0.3) is 0 Å². The minimum atomic E-state index is -0.652. The van der Waals surface area contributed by atoms with Crippen molar-refractivity contribution in [1.82, 2.24) is 4.90 Å². The van der Waals surface area contributed by atoms with E-state index in [1.807, 2.05) is 30.3 Å². The number of imide groups is 1. The molecule has 6 heteroatoms. The first-order valence-corrected chi connectivity index (χ1v) is 7.30. The van der Waals surface area contributed by atoms with Crippen LogP contribution in [-0.4, -0.2) is 43.8 Å². The number of nitrogens with one attached hydrogen (secondary N) is 1. The lowest BCUT2D eigenvalue weighted by Crippen LogP contribution is -2.33. The number of hydrogen-bond acceptors (Lipinski definition) is 5. The number of carbonyl (C=O) groups excluding carboxylic acids is 2. The van der Waals surface area contributed by atoms with Gasteiger partial charge in [-0.1, -0.05) is 30.9 Å². The molecular weight excluding hydrogens is 296 g/mol. The quantitative estimate of drug-likeness (QED) is 0.645. The number of likely N-dealkylation sites (tertiary alicyclic amines) is 1. The largest absolute Gasteiger partial charge is 0.445 e. The summed E-state index contributed by atoms with van der Waals surface area (Å²) in [6.07, 6.45) is 1.27. The number of benzene rings is 1. The van der Waals surface area contributed by atoms with Crippen LogP contribution in [0.4, 0.5) is 10.5 Å². The minimum absolute atomic E-state index is 0.0782. The molecule has 1 aromatic carbocycles. The van der Waals surface area contributed by atoms with Gasteiger partial charge in [-0.2, -0.15) is 0 Å². The zero-order valence-corrected chi connectivity index (χ0v) is 13.1. The Hall–Kier alpha value is -2.60. The van der Waals surface area contributed by atoms with E-state index in [1.165, 1.54) is 6.08 Å². The Bertz CT molecular complexity index is 610. The van der Waals surface area contributed by atoms with Crippen LogP contribution >= 0.6 is 0 Å². The molecule has 1 aliphatic heterocycles. The van der Waals surface area contributed by atoms with Gasteiger partial charge in [0.25, 0.3) is 5.91 Å². The summed E-state index contributed by atoms with van der Waals surface area (Å²) in [7, 11) is 1.56. The number of para-hydroxylation sites is 1. The molecule has 0 aromatic heterocycles. The standard InChI is InChI=1S/C17H20N2O4/c1-3-11-23-17(21)19-10-9-14(16(19)20)15(12-22-2)18-13-7-5-4-6-8-13/h3-8,18H,1,9-12H2,2H3/b15-14-. The number of methoxy groups -OCH3 is 1. The molecule has 0 spiro atoms. The number of carbonyl (C=O) groups is 2. The van der Waals surface area contributed by atoms with E-state index in [-0.39, 0.29) is 19.1 Å². The van der Waals surface area contributed by atoms with Crippen LogP contribution in [0, 0.1) is 0 Å². The number of amides is 2. The number of rotatable bonds is 6. The Labute approximate surface area is 135 Å². The smallest absolute Gasteiger partial charge is 0.417 e. The van der Waals surface area contributed by atoms with Gasteiger partial charge < -0.3 is 14.8 Å². The molecule has 2 amide bonds. The highest BCUT2D eigenvalue weighted by Crippen LogP contribution is 2.23. The predicted molar refractivity (Wildman–Crippen MR) is 86.8 cm³/mol. The van der Waals surface area contributed by atoms with Crippen molar-refractivity contribution in [1.29, 1.82) is 0 Å². The molecular formula is C17H20N2O4. The van der Waals surface area contributed by atoms with Gasteiger partial charge in [0.05, 0.1) is 12.3 Å². The summed E-state index contributed by atoms with van der Waals surface area (Å²) in [5.74, 6) is -0.352. The maximum absolute atomic E-state index is 12.5. The molecule has 122 valence electrons. The maximum atomic E-state index is 12.5. The summed E-state index contributed by atoms with van der Waals surface area (Å²) in [6, 6.07) is 9.49. The van der Waals surface area contributed by atoms with E-state index in [4.69, 9.17) is 9.47 Å². The normalized spacial score (nSPS) is 16.2. The number of nitrogens with zero attached hydrogens (tertiary/aromatic N) is 1. The van der Waals surface area contributed by atoms with E-state index in [0.717, 1.165) is 10.6 Å². The predicted octanol–water partition coefficient (Wildman–Crippen LogP) is 2.55. The molecule has 0 bridgehead atoms. The third-order valence-corrected chi connectivity index (χ3v) is 3.36. The van der Waals surface area contributed by atoms with E-state index in [9.17, 15) is 9.59 Å². The lowest BCUT2D eigenvalue weighted by atomic mass is 10.1. The first-order valence-electron chi connectivity index (χ1n) is 7.30. The van der Waals surface area contributed by atoms with Crippen molar-refractivity contribution < 1.29 is 19.1 Å². The number of hydrogen-bond donors (Lipinski definition) is 1. The summed E-state index contributed by atoms with van der Waals surface area (Å²) in [5, 5.41) is 3.19. The van der Waals surface area contributed by atoms with E-state index in [0.29, 0.717) is 24.2 Å². The SMILES string of the molecule is C=CCOC(=O)N1CC/C(=C(\COC)Nc2ccccc2)C1=O. The van der Waals surface area contributed by atoms with Crippen molar-refractivity contribution in [2.45, 2.75) is 6.42 Å². The highest BCUT2D eigenvalue weighted by atomic mass is 16.6. The first kappa shape index (κ1) is 16.8. The van der Waals surface area contributed by atoms with Crippen LogP contribution in [0.1, 0.15) is 6.42 Å². The molecule has 6 nitrogen and oxygen atoms in total. The summed E-state index contributed by atoms with van der Waals surface area (Å²) in [4.78, 5) is 25.4. The lowest BCUT2D eigenvalue weighted by Gasteiger charge is -2.15. The van der Waals surface area contributed by atoms with Gasteiger partial charge in [0.1, 0.15) is 6.61 Å². The molecule has 0 aliphatic carbocycles. The van der Waals surface area contributed by atoms with Crippen LogP contribution in [0.5, 0.6) is 0 Å². The van der Waals surface area contributed by atoms with Crippen molar-refractivity contribution >= 4 is 17.7 Å². The average molecular weight is 316 g/mol. The zero-order chi connectivity index (χ0) is 16.7. The maximum Gasteiger partial charge on any atom is 0.417 e. The molecule has 0 radical (unpaired) electrons. The van der Waals surface area contributed by atoms with Crippen molar-refractivity contribution in [2.75, 3.05) is 32.2 Å². The zero-order valence-electron chi connectivity index (χ0n) is 13.1. The highest BCUT2D eigenvalue weighted by Gasteiger charge is 2.34. The monoisotopic (exact) mass is 316 g/mol.